The molecule has 0 radical (unpaired) electrons. The number of hydrogen-bond donors (Lipinski definition) is 1. The molecular weight excluding hydrogens is 314 g/mol. The van der Waals surface area contributed by atoms with Crippen molar-refractivity contribution in [3.63, 3.8) is 0 Å². The number of terminal acetylenes is 1. The minimum atomic E-state index is -0.404. The Labute approximate surface area is 147 Å². The van der Waals surface area contributed by atoms with Crippen molar-refractivity contribution < 1.29 is 4.79 Å². The standard InChI is InChI=1S/C19H21N5O/c1-2-3-11-19(22-23-19)12-9-18(25)20-14-17-10-13-21-24(17)15-16-7-5-4-6-8-16/h1,4-8,10,13H,3,9,11-12,14-15H2,(H,20,25). The van der Waals surface area contributed by atoms with Crippen molar-refractivity contribution in [1.82, 2.24) is 15.1 Å². The first-order valence-electron chi connectivity index (χ1n) is 8.40. The third-order valence-electron chi connectivity index (χ3n) is 4.25. The largest absolute Gasteiger partial charge is 0.350 e. The maximum absolute atomic E-state index is 12.1. The second-order valence-corrected chi connectivity index (χ2v) is 6.13. The summed E-state index contributed by atoms with van der Waals surface area (Å²) in [4.78, 5) is 12.1. The molecule has 2 aromatic rings. The molecule has 0 saturated carbocycles. The average molecular weight is 335 g/mol. The van der Waals surface area contributed by atoms with E-state index < -0.39 is 5.66 Å². The first kappa shape index (κ1) is 16.9. The van der Waals surface area contributed by atoms with Crippen molar-refractivity contribution in [2.75, 3.05) is 0 Å². The molecule has 3 rings (SSSR count). The fourth-order valence-electron chi connectivity index (χ4n) is 2.67. The van der Waals surface area contributed by atoms with E-state index in [1.54, 1.807) is 6.20 Å². The lowest BCUT2D eigenvalue weighted by Crippen LogP contribution is -2.26. The second-order valence-electron chi connectivity index (χ2n) is 6.13. The predicted molar refractivity (Wildman–Crippen MR) is 94.5 cm³/mol. The average Bonchev–Trinajstić information content (AvgIpc) is 3.28. The molecule has 0 atom stereocenters. The summed E-state index contributed by atoms with van der Waals surface area (Å²) in [6.45, 7) is 1.14. The lowest BCUT2D eigenvalue weighted by molar-refractivity contribution is -0.121. The monoisotopic (exact) mass is 335 g/mol. The van der Waals surface area contributed by atoms with Crippen LogP contribution in [0.15, 0.2) is 52.8 Å². The summed E-state index contributed by atoms with van der Waals surface area (Å²) in [6, 6.07) is 12.0. The molecule has 1 aromatic carbocycles. The highest BCUT2D eigenvalue weighted by Gasteiger charge is 2.39. The highest BCUT2D eigenvalue weighted by atomic mass is 16.1. The minimum absolute atomic E-state index is 0.00940. The van der Waals surface area contributed by atoms with Crippen LogP contribution in [0.3, 0.4) is 0 Å². The van der Waals surface area contributed by atoms with Crippen molar-refractivity contribution in [3.05, 3.63) is 53.9 Å². The van der Waals surface area contributed by atoms with E-state index in [4.69, 9.17) is 6.42 Å². The van der Waals surface area contributed by atoms with E-state index in [-0.39, 0.29) is 5.91 Å². The number of carbonyl (C=O) groups excluding carboxylic acids is 1. The van der Waals surface area contributed by atoms with Gasteiger partial charge < -0.3 is 5.32 Å². The number of aromatic nitrogens is 2. The summed E-state index contributed by atoms with van der Waals surface area (Å²) >= 11 is 0. The SMILES string of the molecule is C#CCCC1(CCC(=O)NCc2ccnn2Cc2ccccc2)N=N1. The van der Waals surface area contributed by atoms with Crippen LogP contribution >= 0.6 is 0 Å². The fraction of sp³-hybridized carbons (Fsp3) is 0.368. The van der Waals surface area contributed by atoms with Gasteiger partial charge in [0.15, 0.2) is 5.66 Å². The number of benzene rings is 1. The zero-order chi connectivity index (χ0) is 17.5. The molecule has 0 fully saturated rings. The van der Waals surface area contributed by atoms with Crippen molar-refractivity contribution in [3.8, 4) is 12.3 Å². The summed E-state index contributed by atoms with van der Waals surface area (Å²) in [5, 5.41) is 15.4. The molecular formula is C19H21N5O. The summed E-state index contributed by atoms with van der Waals surface area (Å²) in [5.74, 6) is 2.58. The molecule has 0 aliphatic carbocycles. The smallest absolute Gasteiger partial charge is 0.220 e. The zero-order valence-corrected chi connectivity index (χ0v) is 14.1. The van der Waals surface area contributed by atoms with Gasteiger partial charge in [0.25, 0.3) is 0 Å². The molecule has 6 heteroatoms. The van der Waals surface area contributed by atoms with Gasteiger partial charge in [0.1, 0.15) is 0 Å². The molecule has 25 heavy (non-hydrogen) atoms. The van der Waals surface area contributed by atoms with Crippen molar-refractivity contribution in [1.29, 1.82) is 0 Å². The first-order chi connectivity index (χ1) is 12.2. The molecule has 0 bridgehead atoms. The van der Waals surface area contributed by atoms with Gasteiger partial charge in [-0.15, -0.1) is 12.3 Å². The van der Waals surface area contributed by atoms with E-state index in [1.807, 2.05) is 28.9 Å². The van der Waals surface area contributed by atoms with Crippen molar-refractivity contribution in [2.45, 2.75) is 44.4 Å². The fourth-order valence-corrected chi connectivity index (χ4v) is 2.67. The van der Waals surface area contributed by atoms with E-state index >= 15 is 0 Å². The lowest BCUT2D eigenvalue weighted by Gasteiger charge is -2.11. The van der Waals surface area contributed by atoms with Gasteiger partial charge in [-0.2, -0.15) is 15.3 Å². The molecule has 1 aromatic heterocycles. The summed E-state index contributed by atoms with van der Waals surface area (Å²) in [6.07, 6.45) is 9.38. The Bertz CT molecular complexity index is 782. The van der Waals surface area contributed by atoms with Crippen LogP contribution in [0.25, 0.3) is 0 Å². The van der Waals surface area contributed by atoms with Crippen LogP contribution in [0.1, 0.15) is 36.9 Å². The number of rotatable bonds is 9. The molecule has 1 aliphatic heterocycles. The summed E-state index contributed by atoms with van der Waals surface area (Å²) < 4.78 is 1.90. The zero-order valence-electron chi connectivity index (χ0n) is 14.1. The van der Waals surface area contributed by atoms with Gasteiger partial charge in [0.05, 0.1) is 18.8 Å². The first-order valence-corrected chi connectivity index (χ1v) is 8.40. The van der Waals surface area contributed by atoms with Crippen molar-refractivity contribution in [2.24, 2.45) is 10.2 Å². The summed E-state index contributed by atoms with van der Waals surface area (Å²) in [5.41, 5.74) is 1.74. The molecule has 0 unspecified atom stereocenters. The van der Waals surface area contributed by atoms with Crippen LogP contribution < -0.4 is 5.32 Å². The predicted octanol–water partition coefficient (Wildman–Crippen LogP) is 2.90. The van der Waals surface area contributed by atoms with Crippen LogP contribution in [-0.4, -0.2) is 21.4 Å². The van der Waals surface area contributed by atoms with Crippen LogP contribution in [0.2, 0.25) is 0 Å². The summed E-state index contributed by atoms with van der Waals surface area (Å²) in [7, 11) is 0. The molecule has 1 amide bonds. The number of amides is 1. The Morgan fingerprint density at radius 1 is 1.20 bits per heavy atom. The Morgan fingerprint density at radius 3 is 2.72 bits per heavy atom. The molecule has 0 saturated heterocycles. The topological polar surface area (TPSA) is 71.6 Å². The molecule has 0 spiro atoms. The number of carbonyl (C=O) groups is 1. The maximum Gasteiger partial charge on any atom is 0.220 e. The van der Waals surface area contributed by atoms with Gasteiger partial charge in [-0.3, -0.25) is 9.48 Å². The van der Waals surface area contributed by atoms with E-state index in [1.165, 1.54) is 5.56 Å². The van der Waals surface area contributed by atoms with Crippen LogP contribution in [0, 0.1) is 12.3 Å². The highest BCUT2D eigenvalue weighted by Crippen LogP contribution is 2.37. The van der Waals surface area contributed by atoms with Gasteiger partial charge in [-0.1, -0.05) is 30.3 Å². The molecule has 6 nitrogen and oxygen atoms in total. The Balaban J connectivity index is 1.45. The van der Waals surface area contributed by atoms with E-state index in [2.05, 4.69) is 38.7 Å². The van der Waals surface area contributed by atoms with Crippen LogP contribution in [0.5, 0.6) is 0 Å². The van der Waals surface area contributed by atoms with Crippen molar-refractivity contribution >= 4 is 5.91 Å². The number of hydrogen-bond acceptors (Lipinski definition) is 4. The quantitative estimate of drug-likeness (QED) is 0.716. The molecule has 1 N–H and O–H groups in total. The maximum atomic E-state index is 12.1. The second kappa shape index (κ2) is 7.75. The Hall–Kier alpha value is -2.94. The van der Waals surface area contributed by atoms with Crippen LogP contribution in [-0.2, 0) is 17.9 Å². The molecule has 1 aliphatic rings. The van der Waals surface area contributed by atoms with Gasteiger partial charge in [-0.05, 0) is 11.6 Å². The third kappa shape index (κ3) is 4.77. The Kier molecular flexibility index (Phi) is 5.24. The number of nitrogens with zero attached hydrogens (tertiary/aromatic N) is 4. The molecule has 128 valence electrons. The third-order valence-corrected chi connectivity index (χ3v) is 4.25. The minimum Gasteiger partial charge on any atom is -0.350 e. The van der Waals surface area contributed by atoms with Gasteiger partial charge in [0, 0.05) is 31.9 Å². The van der Waals surface area contributed by atoms with Gasteiger partial charge >= 0.3 is 0 Å². The van der Waals surface area contributed by atoms with E-state index in [0.29, 0.717) is 32.4 Å². The Morgan fingerprint density at radius 2 is 2.00 bits per heavy atom. The van der Waals surface area contributed by atoms with E-state index in [0.717, 1.165) is 12.1 Å². The highest BCUT2D eigenvalue weighted by molar-refractivity contribution is 5.75. The van der Waals surface area contributed by atoms with E-state index in [9.17, 15) is 4.79 Å². The number of nitrogens with one attached hydrogen (secondary N) is 1. The van der Waals surface area contributed by atoms with Crippen LogP contribution in [0.4, 0.5) is 0 Å². The molecule has 2 heterocycles. The lowest BCUT2D eigenvalue weighted by atomic mass is 10.0. The normalized spacial score (nSPS) is 14.0. The van der Waals surface area contributed by atoms with Gasteiger partial charge in [0.2, 0.25) is 5.91 Å². The van der Waals surface area contributed by atoms with Gasteiger partial charge in [-0.25, -0.2) is 0 Å².